The van der Waals surface area contributed by atoms with Crippen LogP contribution in [0.15, 0.2) is 28.1 Å². The molecule has 0 radical (unpaired) electrons. The van der Waals surface area contributed by atoms with E-state index < -0.39 is 0 Å². The Hall–Kier alpha value is -0.910. The van der Waals surface area contributed by atoms with E-state index in [1.54, 1.807) is 18.4 Å². The number of methoxy groups -OCH3 is 1. The second kappa shape index (κ2) is 5.16. The number of nitrogens with two attached hydrogens (primary N) is 1. The molecule has 0 bridgehead atoms. The molecule has 1 aromatic heterocycles. The van der Waals surface area contributed by atoms with E-state index in [1.807, 2.05) is 30.5 Å². The van der Waals surface area contributed by atoms with Gasteiger partial charge in [0, 0.05) is 17.0 Å². The molecule has 0 saturated carbocycles. The van der Waals surface area contributed by atoms with Crippen LogP contribution in [0.25, 0.3) is 10.6 Å². The van der Waals surface area contributed by atoms with Crippen molar-refractivity contribution in [3.63, 3.8) is 0 Å². The van der Waals surface area contributed by atoms with E-state index in [1.165, 1.54) is 0 Å². The predicted octanol–water partition coefficient (Wildman–Crippen LogP) is 3.60. The van der Waals surface area contributed by atoms with Gasteiger partial charge in [0.25, 0.3) is 0 Å². The highest BCUT2D eigenvalue weighted by Gasteiger charge is 2.09. The molecule has 0 aliphatic carbocycles. The Bertz CT molecular complexity index is 525. The van der Waals surface area contributed by atoms with Crippen LogP contribution in [0.4, 0.5) is 0 Å². The molecule has 1 aromatic carbocycles. The Morgan fingerprint density at radius 3 is 2.76 bits per heavy atom. The van der Waals surface area contributed by atoms with Gasteiger partial charge in [-0.1, -0.05) is 0 Å². The van der Waals surface area contributed by atoms with Gasteiger partial charge in [-0.2, -0.15) is 0 Å². The number of ether oxygens (including phenoxy) is 1. The highest BCUT2D eigenvalue weighted by molar-refractivity contribution is 9.10. The quantitative estimate of drug-likeness (QED) is 0.942. The molecule has 0 fully saturated rings. The van der Waals surface area contributed by atoms with Gasteiger partial charge in [0.2, 0.25) is 0 Å². The molecular weight excluding hydrogens is 300 g/mol. The molecule has 0 spiro atoms. The SMILES string of the molecule is COc1ccc(-c2nc(C(C)N)cs2)cc1Br. The van der Waals surface area contributed by atoms with Crippen LogP contribution < -0.4 is 10.5 Å². The predicted molar refractivity (Wildman–Crippen MR) is 74.4 cm³/mol. The van der Waals surface area contributed by atoms with Gasteiger partial charge in [-0.15, -0.1) is 11.3 Å². The summed E-state index contributed by atoms with van der Waals surface area (Å²) in [6.07, 6.45) is 0. The van der Waals surface area contributed by atoms with E-state index >= 15 is 0 Å². The summed E-state index contributed by atoms with van der Waals surface area (Å²) in [4.78, 5) is 4.51. The molecule has 0 aliphatic heterocycles. The van der Waals surface area contributed by atoms with Crippen LogP contribution in [-0.2, 0) is 0 Å². The molecule has 1 unspecified atom stereocenters. The average Bonchev–Trinajstić information content (AvgIpc) is 2.78. The fourth-order valence-corrected chi connectivity index (χ4v) is 2.89. The van der Waals surface area contributed by atoms with Crippen LogP contribution in [-0.4, -0.2) is 12.1 Å². The fraction of sp³-hybridized carbons (Fsp3) is 0.250. The molecule has 1 heterocycles. The van der Waals surface area contributed by atoms with Gasteiger partial charge in [-0.05, 0) is 41.1 Å². The highest BCUT2D eigenvalue weighted by atomic mass is 79.9. The van der Waals surface area contributed by atoms with Crippen molar-refractivity contribution in [2.45, 2.75) is 13.0 Å². The lowest BCUT2D eigenvalue weighted by atomic mass is 10.2. The Morgan fingerprint density at radius 1 is 1.47 bits per heavy atom. The van der Waals surface area contributed by atoms with E-state index in [2.05, 4.69) is 20.9 Å². The van der Waals surface area contributed by atoms with E-state index in [9.17, 15) is 0 Å². The standard InChI is InChI=1S/C12H13BrN2OS/c1-7(14)10-6-17-12(15-10)8-3-4-11(16-2)9(13)5-8/h3-7H,14H2,1-2H3. The zero-order valence-corrected chi connectivity index (χ0v) is 12.0. The Balaban J connectivity index is 2.36. The van der Waals surface area contributed by atoms with Gasteiger partial charge in [-0.25, -0.2) is 4.98 Å². The summed E-state index contributed by atoms with van der Waals surface area (Å²) in [6.45, 7) is 1.93. The zero-order valence-electron chi connectivity index (χ0n) is 9.61. The maximum atomic E-state index is 5.80. The molecule has 2 N–H and O–H groups in total. The molecule has 5 heteroatoms. The minimum absolute atomic E-state index is 0.0262. The van der Waals surface area contributed by atoms with Gasteiger partial charge in [0.15, 0.2) is 0 Å². The summed E-state index contributed by atoms with van der Waals surface area (Å²) in [6, 6.07) is 5.89. The summed E-state index contributed by atoms with van der Waals surface area (Å²) in [5.74, 6) is 0.817. The molecule has 17 heavy (non-hydrogen) atoms. The number of nitrogens with zero attached hydrogens (tertiary/aromatic N) is 1. The minimum atomic E-state index is -0.0262. The lowest BCUT2D eigenvalue weighted by molar-refractivity contribution is 0.412. The molecule has 0 amide bonds. The first kappa shape index (κ1) is 12.5. The van der Waals surface area contributed by atoms with Crippen LogP contribution in [0.5, 0.6) is 5.75 Å². The second-order valence-electron chi connectivity index (χ2n) is 3.72. The van der Waals surface area contributed by atoms with Gasteiger partial charge >= 0.3 is 0 Å². The number of rotatable bonds is 3. The topological polar surface area (TPSA) is 48.1 Å². The molecule has 3 nitrogen and oxygen atoms in total. The molecule has 2 rings (SSSR count). The number of hydrogen-bond acceptors (Lipinski definition) is 4. The lowest BCUT2D eigenvalue weighted by Gasteiger charge is -2.04. The van der Waals surface area contributed by atoms with Crippen molar-refractivity contribution in [1.82, 2.24) is 4.98 Å². The highest BCUT2D eigenvalue weighted by Crippen LogP contribution is 2.32. The minimum Gasteiger partial charge on any atom is -0.496 e. The number of halogens is 1. The van der Waals surface area contributed by atoms with Crippen molar-refractivity contribution in [1.29, 1.82) is 0 Å². The molecule has 0 saturated heterocycles. The molecule has 2 aromatic rings. The van der Waals surface area contributed by atoms with E-state index in [4.69, 9.17) is 10.5 Å². The summed E-state index contributed by atoms with van der Waals surface area (Å²) in [7, 11) is 1.65. The molecule has 1 atom stereocenters. The molecular formula is C12H13BrN2OS. The van der Waals surface area contributed by atoms with E-state index in [0.29, 0.717) is 0 Å². The Kier molecular flexibility index (Phi) is 3.81. The summed E-state index contributed by atoms with van der Waals surface area (Å²) >= 11 is 5.07. The van der Waals surface area contributed by atoms with Crippen molar-refractivity contribution in [3.8, 4) is 16.3 Å². The summed E-state index contributed by atoms with van der Waals surface area (Å²) < 4.78 is 6.12. The summed E-state index contributed by atoms with van der Waals surface area (Å²) in [5, 5.41) is 2.97. The normalized spacial score (nSPS) is 12.5. The monoisotopic (exact) mass is 312 g/mol. The van der Waals surface area contributed by atoms with Crippen molar-refractivity contribution >= 4 is 27.3 Å². The first-order valence-corrected chi connectivity index (χ1v) is 6.84. The molecule has 0 aliphatic rings. The Labute approximate surface area is 113 Å². The number of hydrogen-bond donors (Lipinski definition) is 1. The average molecular weight is 313 g/mol. The first-order chi connectivity index (χ1) is 8.11. The van der Waals surface area contributed by atoms with Gasteiger partial charge < -0.3 is 10.5 Å². The van der Waals surface area contributed by atoms with Gasteiger partial charge in [0.05, 0.1) is 17.3 Å². The van der Waals surface area contributed by atoms with Crippen molar-refractivity contribution in [2.75, 3.05) is 7.11 Å². The van der Waals surface area contributed by atoms with Crippen LogP contribution in [0, 0.1) is 0 Å². The lowest BCUT2D eigenvalue weighted by Crippen LogP contribution is -2.04. The number of benzene rings is 1. The third-order valence-electron chi connectivity index (χ3n) is 2.39. The summed E-state index contributed by atoms with van der Waals surface area (Å²) in [5.41, 5.74) is 7.79. The third-order valence-corrected chi connectivity index (χ3v) is 3.92. The third kappa shape index (κ3) is 2.68. The van der Waals surface area contributed by atoms with E-state index in [-0.39, 0.29) is 6.04 Å². The van der Waals surface area contributed by atoms with Crippen molar-refractivity contribution in [2.24, 2.45) is 5.73 Å². The number of aromatic nitrogens is 1. The van der Waals surface area contributed by atoms with Crippen molar-refractivity contribution in [3.05, 3.63) is 33.7 Å². The smallest absolute Gasteiger partial charge is 0.133 e. The van der Waals surface area contributed by atoms with Crippen molar-refractivity contribution < 1.29 is 4.74 Å². The van der Waals surface area contributed by atoms with Gasteiger partial charge in [-0.3, -0.25) is 0 Å². The second-order valence-corrected chi connectivity index (χ2v) is 5.43. The van der Waals surface area contributed by atoms with Crippen LogP contribution in [0.3, 0.4) is 0 Å². The van der Waals surface area contributed by atoms with Crippen LogP contribution >= 0.6 is 27.3 Å². The van der Waals surface area contributed by atoms with E-state index in [0.717, 1.165) is 26.5 Å². The first-order valence-electron chi connectivity index (χ1n) is 5.16. The zero-order chi connectivity index (χ0) is 12.4. The largest absolute Gasteiger partial charge is 0.496 e. The fourth-order valence-electron chi connectivity index (χ4n) is 1.43. The molecule has 90 valence electrons. The van der Waals surface area contributed by atoms with Crippen LogP contribution in [0.1, 0.15) is 18.7 Å². The maximum Gasteiger partial charge on any atom is 0.133 e. The van der Waals surface area contributed by atoms with Crippen LogP contribution in [0.2, 0.25) is 0 Å². The number of thiazole rings is 1. The maximum absolute atomic E-state index is 5.80. The van der Waals surface area contributed by atoms with Gasteiger partial charge in [0.1, 0.15) is 10.8 Å². The Morgan fingerprint density at radius 2 is 2.24 bits per heavy atom.